The molecule has 0 aliphatic rings. The van der Waals surface area contributed by atoms with Crippen LogP contribution in [0.25, 0.3) is 0 Å². The molecule has 32 valence electrons. The van der Waals surface area contributed by atoms with Crippen LogP contribution in [0.4, 0.5) is 0 Å². The van der Waals surface area contributed by atoms with E-state index in [0.29, 0.717) is 0 Å². The minimum absolute atomic E-state index is 0. The Morgan fingerprint density at radius 1 is 0.875 bits per heavy atom. The Balaban J connectivity index is -0.0000000267. The van der Waals surface area contributed by atoms with Gasteiger partial charge in [-0.25, -0.2) is 11.1 Å². The van der Waals surface area contributed by atoms with Gasteiger partial charge in [0.05, 0.1) is 0 Å². The molecule has 0 atom stereocenters. The summed E-state index contributed by atoms with van der Waals surface area (Å²) < 4.78 is 0. The minimum Gasteiger partial charge on any atom is -0.870 e. The molecule has 0 aromatic heterocycles. The molecular weight excluding hydrogens is 181 g/mol. The summed E-state index contributed by atoms with van der Waals surface area (Å²) in [6, 6.07) is 0. The van der Waals surface area contributed by atoms with Gasteiger partial charge in [-0.1, -0.05) is 0 Å². The summed E-state index contributed by atoms with van der Waals surface area (Å²) in [5.41, 5.74) is 0. The van der Waals surface area contributed by atoms with E-state index in [1.807, 2.05) is 0 Å². The minimum atomic E-state index is -4.89. The average Bonchev–Trinajstić information content (AvgIpc) is 0.722. The molecule has 0 aromatic carbocycles. The van der Waals surface area contributed by atoms with E-state index in [-0.39, 0.29) is 88.7 Å². The van der Waals surface area contributed by atoms with Crippen LogP contribution in [-0.2, 0) is 0 Å². The standard InChI is InChI=1S/ClO3Si.3Na/c1-5(2,3)4;;;/q-3;3*+1. The maximum atomic E-state index is 8.90. The predicted molar refractivity (Wildman–Crippen MR) is 11.6 cm³/mol. The van der Waals surface area contributed by atoms with Crippen molar-refractivity contribution in [2.45, 2.75) is 0 Å². The molecule has 0 rings (SSSR count). The molecule has 0 N–H and O–H groups in total. The van der Waals surface area contributed by atoms with E-state index in [1.54, 1.807) is 0 Å². The van der Waals surface area contributed by atoms with Crippen LogP contribution in [0.3, 0.4) is 0 Å². The van der Waals surface area contributed by atoms with Gasteiger partial charge in [-0.15, -0.1) is 0 Å². The van der Waals surface area contributed by atoms with Crippen molar-refractivity contribution in [2.75, 3.05) is 0 Å². The van der Waals surface area contributed by atoms with Crippen LogP contribution in [0.5, 0.6) is 0 Å². The van der Waals surface area contributed by atoms with Gasteiger partial charge in [0.15, 0.2) is 0 Å². The molecule has 8 heavy (non-hydrogen) atoms. The molecule has 0 unspecified atom stereocenters. The molecule has 0 aromatic rings. The number of halogens is 1. The monoisotopic (exact) mass is 180 g/mol. The smallest absolute Gasteiger partial charge is 0.870 e. The molecule has 8 heteroatoms. The Bertz CT molecular complexity index is 30.0. The first-order valence-electron chi connectivity index (χ1n) is 0.801. The molecule has 0 amide bonds. The molecule has 0 aliphatic heterocycles. The van der Waals surface area contributed by atoms with Gasteiger partial charge < -0.3 is 14.4 Å². The first kappa shape index (κ1) is 22.5. The van der Waals surface area contributed by atoms with Gasteiger partial charge >= 0.3 is 88.7 Å². The molecule has 0 radical (unpaired) electrons. The second kappa shape index (κ2) is 10.4. The van der Waals surface area contributed by atoms with E-state index in [9.17, 15) is 0 Å². The molecule has 0 heterocycles. The second-order valence-corrected chi connectivity index (χ2v) is 2.83. The third-order valence-corrected chi connectivity index (χ3v) is 0. The summed E-state index contributed by atoms with van der Waals surface area (Å²) in [4.78, 5) is 26.7. The first-order valence-corrected chi connectivity index (χ1v) is 3.54. The maximum Gasteiger partial charge on any atom is 1.00 e. The van der Waals surface area contributed by atoms with E-state index in [2.05, 4.69) is 11.1 Å². The number of hydrogen-bond acceptors (Lipinski definition) is 3. The van der Waals surface area contributed by atoms with Crippen molar-refractivity contribution in [1.29, 1.82) is 0 Å². The fourth-order valence-corrected chi connectivity index (χ4v) is 0. The Kier molecular flexibility index (Phi) is 29.2. The molecule has 0 saturated carbocycles. The Hall–Kier alpha value is 3.39. The van der Waals surface area contributed by atoms with Crippen molar-refractivity contribution in [3.8, 4) is 0 Å². The van der Waals surface area contributed by atoms with Crippen LogP contribution in [0.1, 0.15) is 0 Å². The van der Waals surface area contributed by atoms with Crippen LogP contribution < -0.4 is 103 Å². The van der Waals surface area contributed by atoms with Crippen LogP contribution >= 0.6 is 11.1 Å². The van der Waals surface area contributed by atoms with Crippen LogP contribution in [0.2, 0.25) is 0 Å². The topological polar surface area (TPSA) is 69.2 Å². The fourth-order valence-electron chi connectivity index (χ4n) is 0. The van der Waals surface area contributed by atoms with E-state index in [4.69, 9.17) is 14.4 Å². The molecule has 0 bridgehead atoms. The summed E-state index contributed by atoms with van der Waals surface area (Å²) in [6.07, 6.45) is 0. The molecule has 0 fully saturated rings. The Morgan fingerprint density at radius 3 is 0.875 bits per heavy atom. The SMILES string of the molecule is [Na+].[Na+].[Na+].[O-][Si]([O-])([O-])Cl. The molecule has 0 saturated heterocycles. The zero-order valence-electron chi connectivity index (χ0n) is 5.10. The summed E-state index contributed by atoms with van der Waals surface area (Å²) >= 11 is 4.00. The van der Waals surface area contributed by atoms with Gasteiger partial charge in [0.2, 0.25) is 0 Å². The van der Waals surface area contributed by atoms with Crippen molar-refractivity contribution in [3.63, 3.8) is 0 Å². The van der Waals surface area contributed by atoms with E-state index < -0.39 is 8.11 Å². The Morgan fingerprint density at radius 2 is 0.875 bits per heavy atom. The molecule has 0 spiro atoms. The maximum absolute atomic E-state index is 8.90. The molecule has 0 aliphatic carbocycles. The molecular formula is ClNa3O3Si. The van der Waals surface area contributed by atoms with E-state index in [1.165, 1.54) is 0 Å². The normalized spacial score (nSPS) is 7.50. The summed E-state index contributed by atoms with van der Waals surface area (Å²) in [5, 5.41) is 0. The van der Waals surface area contributed by atoms with Crippen molar-refractivity contribution < 1.29 is 103 Å². The first-order chi connectivity index (χ1) is 2.00. The van der Waals surface area contributed by atoms with Crippen molar-refractivity contribution in [3.05, 3.63) is 0 Å². The van der Waals surface area contributed by atoms with Gasteiger partial charge in [-0.3, -0.25) is 0 Å². The fraction of sp³-hybridized carbons (Fsp3) is 0. The van der Waals surface area contributed by atoms with Crippen LogP contribution in [0.15, 0.2) is 0 Å². The third-order valence-electron chi connectivity index (χ3n) is 0. The predicted octanol–water partition coefficient (Wildman–Crippen LogP) is -12.2. The van der Waals surface area contributed by atoms with Crippen LogP contribution in [-0.4, -0.2) is 8.11 Å². The van der Waals surface area contributed by atoms with Crippen molar-refractivity contribution in [2.24, 2.45) is 0 Å². The van der Waals surface area contributed by atoms with Gasteiger partial charge in [0.25, 0.3) is 0 Å². The zero-order chi connectivity index (χ0) is 4.50. The third kappa shape index (κ3) is 57.6. The van der Waals surface area contributed by atoms with Gasteiger partial charge in [-0.2, -0.15) is 8.11 Å². The summed E-state index contributed by atoms with van der Waals surface area (Å²) in [6.45, 7) is 0. The molecule has 3 nitrogen and oxygen atoms in total. The second-order valence-electron chi connectivity index (χ2n) is 0.481. The van der Waals surface area contributed by atoms with Crippen molar-refractivity contribution in [1.82, 2.24) is 0 Å². The summed E-state index contributed by atoms with van der Waals surface area (Å²) in [5.74, 6) is 0. The van der Waals surface area contributed by atoms with Gasteiger partial charge in [0.1, 0.15) is 0 Å². The van der Waals surface area contributed by atoms with Crippen LogP contribution in [0, 0.1) is 0 Å². The van der Waals surface area contributed by atoms with Gasteiger partial charge in [0, 0.05) is 0 Å². The average molecular weight is 181 g/mol. The number of hydrogen-bond donors (Lipinski definition) is 0. The largest absolute Gasteiger partial charge is 1.00 e. The van der Waals surface area contributed by atoms with Gasteiger partial charge in [-0.05, 0) is 0 Å². The van der Waals surface area contributed by atoms with E-state index in [0.717, 1.165) is 0 Å². The Labute approximate surface area is 120 Å². The summed E-state index contributed by atoms with van der Waals surface area (Å²) in [7, 11) is -4.89. The quantitative estimate of drug-likeness (QED) is 0.275. The van der Waals surface area contributed by atoms with E-state index >= 15 is 0 Å². The van der Waals surface area contributed by atoms with Crippen molar-refractivity contribution >= 4 is 19.2 Å². The zero-order valence-corrected chi connectivity index (χ0v) is 12.9. The number of rotatable bonds is 0.